The fourth-order valence-electron chi connectivity index (χ4n) is 2.12. The zero-order valence-corrected chi connectivity index (χ0v) is 13.3. The highest BCUT2D eigenvalue weighted by molar-refractivity contribution is 6.30. The van der Waals surface area contributed by atoms with E-state index in [1.54, 1.807) is 0 Å². The number of halogens is 1. The highest BCUT2D eigenvalue weighted by Gasteiger charge is 2.21. The Bertz CT molecular complexity index is 417. The van der Waals surface area contributed by atoms with Crippen molar-refractivity contribution in [1.29, 1.82) is 0 Å². The summed E-state index contributed by atoms with van der Waals surface area (Å²) < 4.78 is 0. The minimum absolute atomic E-state index is 0.0348. The Morgan fingerprint density at radius 1 is 1.30 bits per heavy atom. The summed E-state index contributed by atoms with van der Waals surface area (Å²) >= 11 is 5.90. The van der Waals surface area contributed by atoms with Crippen LogP contribution in [-0.4, -0.2) is 11.9 Å². The molecule has 20 heavy (non-hydrogen) atoms. The number of nitrogens with one attached hydrogen (secondary N) is 1. The van der Waals surface area contributed by atoms with Crippen molar-refractivity contribution in [2.24, 2.45) is 11.7 Å². The van der Waals surface area contributed by atoms with E-state index in [0.717, 1.165) is 24.8 Å². The maximum Gasteiger partial charge on any atom is 0.237 e. The fourth-order valence-corrected chi connectivity index (χ4v) is 2.25. The lowest BCUT2D eigenvalue weighted by molar-refractivity contribution is -0.123. The fraction of sp³-hybridized carbons (Fsp3) is 0.562. The zero-order valence-electron chi connectivity index (χ0n) is 12.5. The summed E-state index contributed by atoms with van der Waals surface area (Å²) in [5.74, 6) is 0.214. The number of carbonyl (C=O) groups excluding carboxylic acids is 1. The number of benzene rings is 1. The van der Waals surface area contributed by atoms with Crippen LogP contribution >= 0.6 is 11.6 Å². The van der Waals surface area contributed by atoms with Crippen molar-refractivity contribution < 1.29 is 4.79 Å². The lowest BCUT2D eigenvalue weighted by Gasteiger charge is -2.24. The molecule has 2 atom stereocenters. The van der Waals surface area contributed by atoms with Gasteiger partial charge in [0.05, 0.1) is 12.1 Å². The molecule has 2 unspecified atom stereocenters. The summed E-state index contributed by atoms with van der Waals surface area (Å²) in [6, 6.07) is 7.12. The topological polar surface area (TPSA) is 55.1 Å². The van der Waals surface area contributed by atoms with E-state index >= 15 is 0 Å². The van der Waals surface area contributed by atoms with E-state index in [4.69, 9.17) is 17.3 Å². The van der Waals surface area contributed by atoms with Crippen LogP contribution in [0.3, 0.4) is 0 Å². The molecule has 1 aromatic rings. The van der Waals surface area contributed by atoms with Crippen LogP contribution < -0.4 is 11.1 Å². The van der Waals surface area contributed by atoms with Gasteiger partial charge < -0.3 is 11.1 Å². The molecule has 0 bridgehead atoms. The number of hydrogen-bond donors (Lipinski definition) is 2. The summed E-state index contributed by atoms with van der Waals surface area (Å²) in [5, 5.41) is 3.75. The van der Waals surface area contributed by atoms with Gasteiger partial charge in [0.2, 0.25) is 5.91 Å². The molecule has 4 heteroatoms. The first-order valence-corrected chi connectivity index (χ1v) is 7.65. The van der Waals surface area contributed by atoms with Crippen molar-refractivity contribution >= 4 is 17.5 Å². The molecule has 0 saturated carbocycles. The number of nitrogens with two attached hydrogens (primary N) is 1. The molecule has 0 aliphatic carbocycles. The zero-order chi connectivity index (χ0) is 15.1. The van der Waals surface area contributed by atoms with E-state index in [2.05, 4.69) is 26.1 Å². The van der Waals surface area contributed by atoms with Gasteiger partial charge in [-0.05, 0) is 30.0 Å². The number of hydrogen-bond acceptors (Lipinski definition) is 2. The molecule has 0 saturated heterocycles. The third-order valence-electron chi connectivity index (χ3n) is 3.40. The van der Waals surface area contributed by atoms with Gasteiger partial charge in [-0.25, -0.2) is 0 Å². The predicted molar refractivity (Wildman–Crippen MR) is 84.7 cm³/mol. The monoisotopic (exact) mass is 296 g/mol. The van der Waals surface area contributed by atoms with Gasteiger partial charge in [-0.3, -0.25) is 4.79 Å². The second kappa shape index (κ2) is 8.28. The quantitative estimate of drug-likeness (QED) is 0.806. The van der Waals surface area contributed by atoms with E-state index < -0.39 is 6.04 Å². The van der Waals surface area contributed by atoms with Crippen molar-refractivity contribution in [3.05, 3.63) is 34.9 Å². The molecule has 1 rings (SSSR count). The molecule has 112 valence electrons. The Hall–Kier alpha value is -1.06. The molecule has 0 heterocycles. The van der Waals surface area contributed by atoms with Crippen LogP contribution in [0.4, 0.5) is 0 Å². The van der Waals surface area contributed by atoms with Crippen LogP contribution in [0.5, 0.6) is 0 Å². The summed E-state index contributed by atoms with van der Waals surface area (Å²) in [6.45, 7) is 6.25. The minimum atomic E-state index is -0.427. The number of unbranched alkanes of at least 4 members (excludes halogenated alkanes) is 1. The Kier molecular flexibility index (Phi) is 7.03. The van der Waals surface area contributed by atoms with Gasteiger partial charge in [0.15, 0.2) is 0 Å². The Labute approximate surface area is 126 Å². The van der Waals surface area contributed by atoms with Gasteiger partial charge in [0.1, 0.15) is 0 Å². The first kappa shape index (κ1) is 17.0. The van der Waals surface area contributed by atoms with Crippen molar-refractivity contribution in [3.63, 3.8) is 0 Å². The SMILES string of the molecule is CCCCC(N)C(=O)NC(c1ccc(Cl)cc1)C(C)C. The Balaban J connectivity index is 2.72. The largest absolute Gasteiger partial charge is 0.348 e. The molecule has 3 nitrogen and oxygen atoms in total. The molecule has 1 aromatic carbocycles. The summed E-state index contributed by atoms with van der Waals surface area (Å²) in [4.78, 5) is 12.1. The third-order valence-corrected chi connectivity index (χ3v) is 3.65. The first-order chi connectivity index (χ1) is 9.45. The number of carbonyl (C=O) groups is 1. The van der Waals surface area contributed by atoms with Crippen molar-refractivity contribution in [1.82, 2.24) is 5.32 Å². The van der Waals surface area contributed by atoms with E-state index in [-0.39, 0.29) is 11.9 Å². The second-order valence-electron chi connectivity index (χ2n) is 5.53. The predicted octanol–water partition coefficient (Wildman–Crippen LogP) is 3.67. The van der Waals surface area contributed by atoms with Crippen LogP contribution in [0, 0.1) is 5.92 Å². The van der Waals surface area contributed by atoms with Gasteiger partial charge in [-0.2, -0.15) is 0 Å². The molecular weight excluding hydrogens is 272 g/mol. The average Bonchev–Trinajstić information content (AvgIpc) is 2.42. The summed E-state index contributed by atoms with van der Waals surface area (Å²) in [6.07, 6.45) is 2.75. The highest BCUT2D eigenvalue weighted by atomic mass is 35.5. The maximum absolute atomic E-state index is 12.1. The smallest absolute Gasteiger partial charge is 0.237 e. The second-order valence-corrected chi connectivity index (χ2v) is 5.97. The Morgan fingerprint density at radius 3 is 2.40 bits per heavy atom. The lowest BCUT2D eigenvalue weighted by Crippen LogP contribution is -2.43. The molecule has 0 aliphatic heterocycles. The molecule has 0 aliphatic rings. The molecule has 0 aromatic heterocycles. The van der Waals surface area contributed by atoms with E-state index in [9.17, 15) is 4.79 Å². The van der Waals surface area contributed by atoms with E-state index in [1.807, 2.05) is 24.3 Å². The van der Waals surface area contributed by atoms with Gasteiger partial charge in [0.25, 0.3) is 0 Å². The number of amides is 1. The average molecular weight is 297 g/mol. The number of rotatable bonds is 7. The first-order valence-electron chi connectivity index (χ1n) is 7.27. The third kappa shape index (κ3) is 5.14. The highest BCUT2D eigenvalue weighted by Crippen LogP contribution is 2.23. The van der Waals surface area contributed by atoms with Gasteiger partial charge in [0, 0.05) is 5.02 Å². The summed E-state index contributed by atoms with van der Waals surface area (Å²) in [5.41, 5.74) is 6.98. The van der Waals surface area contributed by atoms with Gasteiger partial charge in [-0.15, -0.1) is 0 Å². The summed E-state index contributed by atoms with van der Waals surface area (Å²) in [7, 11) is 0. The van der Waals surface area contributed by atoms with E-state index in [0.29, 0.717) is 10.9 Å². The molecule has 0 spiro atoms. The normalized spacial score (nSPS) is 14.1. The van der Waals surface area contributed by atoms with Crippen LogP contribution in [0.15, 0.2) is 24.3 Å². The van der Waals surface area contributed by atoms with Gasteiger partial charge in [-0.1, -0.05) is 57.3 Å². The van der Waals surface area contributed by atoms with Gasteiger partial charge >= 0.3 is 0 Å². The van der Waals surface area contributed by atoms with Crippen LogP contribution in [0.25, 0.3) is 0 Å². The standard InChI is InChI=1S/C16H25ClN2O/c1-4-5-6-14(18)16(20)19-15(11(2)3)12-7-9-13(17)10-8-12/h7-11,14-15H,4-6,18H2,1-3H3,(H,19,20). The molecular formula is C16H25ClN2O. The van der Waals surface area contributed by atoms with Crippen LogP contribution in [0.1, 0.15) is 51.6 Å². The maximum atomic E-state index is 12.1. The van der Waals surface area contributed by atoms with Crippen molar-refractivity contribution in [3.8, 4) is 0 Å². The van der Waals surface area contributed by atoms with Crippen LogP contribution in [0.2, 0.25) is 5.02 Å². The molecule has 0 radical (unpaired) electrons. The minimum Gasteiger partial charge on any atom is -0.348 e. The van der Waals surface area contributed by atoms with Crippen molar-refractivity contribution in [2.45, 2.75) is 52.1 Å². The van der Waals surface area contributed by atoms with E-state index in [1.165, 1.54) is 0 Å². The Morgan fingerprint density at radius 2 is 1.90 bits per heavy atom. The molecule has 3 N–H and O–H groups in total. The van der Waals surface area contributed by atoms with Crippen molar-refractivity contribution in [2.75, 3.05) is 0 Å². The molecule has 0 fully saturated rings. The van der Waals surface area contributed by atoms with Crippen LogP contribution in [-0.2, 0) is 4.79 Å². The lowest BCUT2D eigenvalue weighted by atomic mass is 9.95. The molecule has 1 amide bonds.